The summed E-state index contributed by atoms with van der Waals surface area (Å²) in [6.45, 7) is 0. The molecule has 0 aromatic carbocycles. The largest absolute Gasteiger partial charge is 0 e. The second kappa shape index (κ2) is 25.9. The van der Waals surface area contributed by atoms with E-state index in [1.54, 1.807) is 0 Å². The molecule has 0 fully saturated rings. The Balaban J connectivity index is 0. The first-order chi connectivity index (χ1) is 0. The van der Waals surface area contributed by atoms with Crippen LogP contribution in [0, 0.1) is 0 Å². The summed E-state index contributed by atoms with van der Waals surface area (Å²) in [5.74, 6) is 0. The molecule has 5 heavy (non-hydrogen) atoms. The van der Waals surface area contributed by atoms with Crippen LogP contribution < -0.4 is 0 Å². The van der Waals surface area contributed by atoms with E-state index in [2.05, 4.69) is 0 Å². The molecule has 0 aliphatic carbocycles. The van der Waals surface area contributed by atoms with Gasteiger partial charge in [0.1, 0.15) is 0 Å². The minimum Gasteiger partial charge on any atom is 0 e. The Morgan fingerprint density at radius 3 is 1.00 bits per heavy atom. The summed E-state index contributed by atoms with van der Waals surface area (Å²) >= 11 is 0. The summed E-state index contributed by atoms with van der Waals surface area (Å²) in [6.07, 6.45) is 0. The van der Waals surface area contributed by atoms with Gasteiger partial charge in [-0.2, -0.15) is 0 Å². The molecule has 5 heteroatoms. The van der Waals surface area contributed by atoms with Gasteiger partial charge in [-0.1, -0.05) is 0 Å². The van der Waals surface area contributed by atoms with Crippen molar-refractivity contribution in [3.05, 3.63) is 0 Å². The Kier molecular flexibility index (Phi) is 202. The van der Waals surface area contributed by atoms with Gasteiger partial charge in [0.15, 0.2) is 0 Å². The maximum atomic E-state index is 0. The van der Waals surface area contributed by atoms with Crippen molar-refractivity contribution in [3.8, 4) is 0 Å². The number of hydrogen-bond donors (Lipinski definition) is 0. The minimum absolute atomic E-state index is 0. The summed E-state index contributed by atoms with van der Waals surface area (Å²) in [6, 6.07) is 0. The molecule has 0 saturated carbocycles. The monoisotopic (exact) mass is 793 g/mol. The molecule has 38 valence electrons. The molecule has 0 spiro atoms. The smallest absolute Gasteiger partial charge is 0 e. The molecule has 0 heterocycles. The zero-order valence-corrected chi connectivity index (χ0v) is 15.8. The minimum atomic E-state index is 0. The molecule has 4 radical (unpaired) electrons. The van der Waals surface area contributed by atoms with Crippen LogP contribution in [-0.4, -0.2) is 23.9 Å². The molecule has 0 N–H and O–H groups in total. The summed E-state index contributed by atoms with van der Waals surface area (Å²) < 4.78 is 0. The third-order valence-electron chi connectivity index (χ3n) is 0. The van der Waals surface area contributed by atoms with Crippen LogP contribution >= 0.6 is 0 Å². The molecule has 0 aliphatic rings. The van der Waals surface area contributed by atoms with Gasteiger partial charge in [0, 0.05) is 83.0 Å². The molecule has 0 saturated heterocycles. The average Bonchev–Trinajstić information content (AvgIpc) is 0. The zero-order chi connectivity index (χ0) is 0. The van der Waals surface area contributed by atoms with Crippen LogP contribution in [0.4, 0.5) is 0 Å². The molecule has 0 bridgehead atoms. The zero-order valence-electron chi connectivity index (χ0n) is 2.16. The van der Waals surface area contributed by atoms with Crippen molar-refractivity contribution < 1.29 is 83.0 Å². The van der Waals surface area contributed by atoms with E-state index in [0.717, 1.165) is 0 Å². The predicted octanol–water partition coefficient (Wildman–Crippen LogP) is -0.926. The Hall–Kier alpha value is 3.50. The summed E-state index contributed by atoms with van der Waals surface area (Å²) in [5.41, 5.74) is 0. The van der Waals surface area contributed by atoms with Gasteiger partial charge in [-0.05, 0) is 0 Å². The molecule has 0 atom stereocenters. The van der Waals surface area contributed by atoms with Crippen molar-refractivity contribution in [2.45, 2.75) is 0 Å². The Morgan fingerprint density at radius 2 is 1.00 bits per heavy atom. The standard InChI is InChI=1S/Ir.Pt.Ru.Sn.Ta.2H. The van der Waals surface area contributed by atoms with Gasteiger partial charge in [0.2, 0.25) is 0 Å². The maximum absolute atomic E-state index is 0. The fraction of sp³-hybridized carbons (Fsp3) is 0. The number of rotatable bonds is 0. The van der Waals surface area contributed by atoms with E-state index in [1.165, 1.54) is 0 Å². The first kappa shape index (κ1) is 39.0. The molecule has 0 nitrogen and oxygen atoms in total. The van der Waals surface area contributed by atoms with E-state index in [-0.39, 0.29) is 107 Å². The van der Waals surface area contributed by atoms with E-state index in [1.807, 2.05) is 0 Å². The molecule has 0 aromatic heterocycles. The Labute approximate surface area is 105 Å². The first-order valence-electron chi connectivity index (χ1n) is 0. The SMILES string of the molecule is [Ir].[Pt].[Ru].[SnH2].[Ta]. The van der Waals surface area contributed by atoms with Crippen LogP contribution in [0.25, 0.3) is 0 Å². The molecular formula is H2IrPtRuSnTa. The van der Waals surface area contributed by atoms with Crippen molar-refractivity contribution in [2.75, 3.05) is 0 Å². The summed E-state index contributed by atoms with van der Waals surface area (Å²) in [5, 5.41) is 0. The van der Waals surface area contributed by atoms with E-state index in [4.69, 9.17) is 0 Å². The summed E-state index contributed by atoms with van der Waals surface area (Å²) in [7, 11) is 0. The molecule has 0 amide bonds. The fourth-order valence-corrected chi connectivity index (χ4v) is 0. The quantitative estimate of drug-likeness (QED) is 0.279. The first-order valence-corrected chi connectivity index (χ1v) is 0. The van der Waals surface area contributed by atoms with Crippen molar-refractivity contribution in [1.82, 2.24) is 0 Å². The van der Waals surface area contributed by atoms with Crippen molar-refractivity contribution in [1.29, 1.82) is 0 Å². The van der Waals surface area contributed by atoms with Crippen LogP contribution in [0.3, 0.4) is 0 Å². The van der Waals surface area contributed by atoms with Gasteiger partial charge in [-0.25, -0.2) is 0 Å². The van der Waals surface area contributed by atoms with Crippen LogP contribution in [-0.2, 0) is 83.0 Å². The molecule has 0 unspecified atom stereocenters. The normalized spacial score (nSPS) is 0. The van der Waals surface area contributed by atoms with Gasteiger partial charge in [0.05, 0.1) is 0 Å². The van der Waals surface area contributed by atoms with Crippen LogP contribution in [0.2, 0.25) is 0 Å². The van der Waals surface area contributed by atoms with Gasteiger partial charge in [-0.15, -0.1) is 0 Å². The third kappa shape index (κ3) is 18.5. The van der Waals surface area contributed by atoms with Crippen LogP contribution in [0.5, 0.6) is 0 Å². The second-order valence-electron chi connectivity index (χ2n) is 0. The molecule has 0 rings (SSSR count). The molecule has 0 aliphatic heterocycles. The predicted molar refractivity (Wildman–Crippen MR) is 8.54 cm³/mol. The van der Waals surface area contributed by atoms with E-state index in [0.29, 0.717) is 0 Å². The fourth-order valence-electron chi connectivity index (χ4n) is 0. The molecular weight excluding hydrogens is 788 g/mol. The van der Waals surface area contributed by atoms with Gasteiger partial charge in [0.25, 0.3) is 0 Å². The molecule has 0 aromatic rings. The van der Waals surface area contributed by atoms with Gasteiger partial charge >= 0.3 is 23.9 Å². The van der Waals surface area contributed by atoms with Gasteiger partial charge < -0.3 is 0 Å². The Bertz CT molecular complexity index is 11.6. The van der Waals surface area contributed by atoms with Crippen molar-refractivity contribution in [3.63, 3.8) is 0 Å². The second-order valence-corrected chi connectivity index (χ2v) is 0. The average molecular weight is 790 g/mol. The van der Waals surface area contributed by atoms with E-state index < -0.39 is 0 Å². The van der Waals surface area contributed by atoms with Crippen LogP contribution in [0.1, 0.15) is 0 Å². The third-order valence-corrected chi connectivity index (χ3v) is 0. The van der Waals surface area contributed by atoms with Gasteiger partial charge in [-0.3, -0.25) is 0 Å². The Morgan fingerprint density at radius 1 is 1.00 bits per heavy atom. The summed E-state index contributed by atoms with van der Waals surface area (Å²) in [4.78, 5) is 0. The van der Waals surface area contributed by atoms with Crippen molar-refractivity contribution in [2.24, 2.45) is 0 Å². The van der Waals surface area contributed by atoms with Crippen LogP contribution in [0.15, 0.2) is 0 Å². The van der Waals surface area contributed by atoms with Crippen molar-refractivity contribution >= 4 is 23.9 Å². The topological polar surface area (TPSA) is 0 Å². The maximum Gasteiger partial charge on any atom is 0 e. The van der Waals surface area contributed by atoms with E-state index >= 15 is 0 Å². The van der Waals surface area contributed by atoms with E-state index in [9.17, 15) is 0 Å². The number of hydrogen-bond acceptors (Lipinski definition) is 0.